The van der Waals surface area contributed by atoms with Gasteiger partial charge >= 0.3 is 0 Å². The summed E-state index contributed by atoms with van der Waals surface area (Å²) in [7, 11) is -3.33. The highest BCUT2D eigenvalue weighted by molar-refractivity contribution is 7.91. The first-order valence-corrected chi connectivity index (χ1v) is 9.67. The Hall–Kier alpha value is -1.95. The second kappa shape index (κ2) is 5.55. The zero-order valence-corrected chi connectivity index (χ0v) is 14.8. The highest BCUT2D eigenvalue weighted by Crippen LogP contribution is 2.42. The first kappa shape index (κ1) is 16.9. The fourth-order valence-electron chi connectivity index (χ4n) is 3.88. The molecule has 3 rings (SSSR count). The summed E-state index contributed by atoms with van der Waals surface area (Å²) in [6, 6.07) is 1.57. The van der Waals surface area contributed by atoms with E-state index in [-0.39, 0.29) is 47.4 Å². The van der Waals surface area contributed by atoms with E-state index in [2.05, 4.69) is 0 Å². The van der Waals surface area contributed by atoms with Crippen LogP contribution in [0.1, 0.15) is 54.4 Å². The van der Waals surface area contributed by atoms with Gasteiger partial charge in [0.2, 0.25) is 0 Å². The molecule has 0 spiro atoms. The third-order valence-electron chi connectivity index (χ3n) is 4.90. The fourth-order valence-corrected chi connectivity index (χ4v) is 6.11. The number of ketones is 2. The number of benzene rings is 1. The minimum atomic E-state index is -3.33. The van der Waals surface area contributed by atoms with E-state index in [0.717, 1.165) is 0 Å². The maximum Gasteiger partial charge on any atom is 0.179 e. The van der Waals surface area contributed by atoms with Crippen LogP contribution in [0, 0.1) is 13.8 Å². The molecule has 0 bridgehead atoms. The molecule has 5 nitrogen and oxygen atoms in total. The minimum absolute atomic E-state index is 0.0443. The topological polar surface area (TPSA) is 88.5 Å². The van der Waals surface area contributed by atoms with Gasteiger partial charge in [0.05, 0.1) is 10.6 Å². The molecule has 24 heavy (non-hydrogen) atoms. The third kappa shape index (κ3) is 2.40. The van der Waals surface area contributed by atoms with E-state index in [0.29, 0.717) is 33.6 Å². The first-order chi connectivity index (χ1) is 11.1. The van der Waals surface area contributed by atoms with Crippen LogP contribution in [0.15, 0.2) is 16.5 Å². The molecule has 1 atom stereocenters. The van der Waals surface area contributed by atoms with Gasteiger partial charge in [0, 0.05) is 18.4 Å². The predicted molar refractivity (Wildman–Crippen MR) is 89.8 cm³/mol. The van der Waals surface area contributed by atoms with Crippen molar-refractivity contribution in [3.63, 3.8) is 0 Å². The van der Waals surface area contributed by atoms with Crippen molar-refractivity contribution in [2.24, 2.45) is 0 Å². The van der Waals surface area contributed by atoms with E-state index in [1.165, 1.54) is 0 Å². The van der Waals surface area contributed by atoms with E-state index in [4.69, 9.17) is 0 Å². The van der Waals surface area contributed by atoms with Crippen molar-refractivity contribution in [2.75, 3.05) is 5.75 Å². The molecule has 2 aliphatic rings. The van der Waals surface area contributed by atoms with E-state index in [1.807, 2.05) is 6.92 Å². The summed E-state index contributed by atoms with van der Waals surface area (Å²) in [4.78, 5) is 24.5. The van der Waals surface area contributed by atoms with Crippen molar-refractivity contribution in [1.82, 2.24) is 0 Å². The molecule has 6 heteroatoms. The van der Waals surface area contributed by atoms with Gasteiger partial charge in [-0.15, -0.1) is 0 Å². The average Bonchev–Trinajstić information content (AvgIpc) is 2.72. The quantitative estimate of drug-likeness (QED) is 0.479. The summed E-state index contributed by atoms with van der Waals surface area (Å²) in [5, 5.41) is 10.6. The van der Waals surface area contributed by atoms with E-state index >= 15 is 0 Å². The fraction of sp³-hybridized carbons (Fsp3) is 0.444. The molecular formula is C18H20O5S. The molecule has 1 aromatic carbocycles. The molecule has 0 amide bonds. The van der Waals surface area contributed by atoms with E-state index < -0.39 is 9.84 Å². The predicted octanol–water partition coefficient (Wildman–Crippen LogP) is 2.79. The number of allylic oxidation sites excluding steroid dienone is 1. The Morgan fingerprint density at radius 3 is 2.33 bits per heavy atom. The standard InChI is InChI=1S/C18H20O5S/c1-9-7-12(17(21)16-13(19)5-4-6-14(16)20)11(3)15-10(2)8-24(22,23)18(9)15/h7,10,21H,4-6,8H2,1-3H3. The van der Waals surface area contributed by atoms with Crippen molar-refractivity contribution in [3.05, 3.63) is 33.9 Å². The summed E-state index contributed by atoms with van der Waals surface area (Å²) in [6.45, 7) is 5.25. The maximum atomic E-state index is 12.3. The molecule has 1 N–H and O–H groups in total. The minimum Gasteiger partial charge on any atom is -0.506 e. The molecule has 1 unspecified atom stereocenters. The van der Waals surface area contributed by atoms with Gasteiger partial charge in [0.15, 0.2) is 21.4 Å². The van der Waals surface area contributed by atoms with Gasteiger partial charge in [-0.1, -0.05) is 6.92 Å². The van der Waals surface area contributed by atoms with E-state index in [1.54, 1.807) is 19.9 Å². The van der Waals surface area contributed by atoms with Crippen LogP contribution in [-0.4, -0.2) is 30.8 Å². The largest absolute Gasteiger partial charge is 0.506 e. The molecule has 0 saturated heterocycles. The van der Waals surface area contributed by atoms with Crippen molar-refractivity contribution >= 4 is 27.2 Å². The molecular weight excluding hydrogens is 328 g/mol. The molecule has 1 fully saturated rings. The number of hydrogen-bond donors (Lipinski definition) is 1. The number of hydrogen-bond acceptors (Lipinski definition) is 5. The average molecular weight is 348 g/mol. The number of aliphatic hydroxyl groups is 1. The van der Waals surface area contributed by atoms with Crippen molar-refractivity contribution in [1.29, 1.82) is 0 Å². The second-order valence-corrected chi connectivity index (χ2v) is 8.69. The van der Waals surface area contributed by atoms with Gasteiger partial charge in [-0.2, -0.15) is 0 Å². The Morgan fingerprint density at radius 2 is 1.75 bits per heavy atom. The van der Waals surface area contributed by atoms with E-state index in [9.17, 15) is 23.1 Å². The van der Waals surface area contributed by atoms with Crippen LogP contribution in [0.4, 0.5) is 0 Å². The van der Waals surface area contributed by atoms with Crippen molar-refractivity contribution < 1.29 is 23.1 Å². The SMILES string of the molecule is Cc1cc(C(O)=C2C(=O)CCCC2=O)c(C)c2c1S(=O)(=O)CC2C. The monoisotopic (exact) mass is 348 g/mol. The zero-order valence-electron chi connectivity index (χ0n) is 14.0. The molecule has 1 aromatic rings. The van der Waals surface area contributed by atoms with Crippen molar-refractivity contribution in [3.8, 4) is 0 Å². The lowest BCUT2D eigenvalue weighted by Gasteiger charge is -2.18. The number of sulfone groups is 1. The lowest BCUT2D eigenvalue weighted by Crippen LogP contribution is -2.20. The highest BCUT2D eigenvalue weighted by Gasteiger charge is 2.37. The van der Waals surface area contributed by atoms with Crippen LogP contribution in [0.2, 0.25) is 0 Å². The van der Waals surface area contributed by atoms with Gasteiger partial charge in [-0.05, 0) is 48.9 Å². The first-order valence-electron chi connectivity index (χ1n) is 8.02. The van der Waals surface area contributed by atoms with Crippen LogP contribution >= 0.6 is 0 Å². The van der Waals surface area contributed by atoms with Crippen molar-refractivity contribution in [2.45, 2.75) is 50.8 Å². The summed E-state index contributed by atoms with van der Waals surface area (Å²) in [5.74, 6) is -1.14. The Morgan fingerprint density at radius 1 is 1.17 bits per heavy atom. The molecule has 1 aliphatic carbocycles. The summed E-state index contributed by atoms with van der Waals surface area (Å²) >= 11 is 0. The Bertz CT molecular complexity index is 888. The summed E-state index contributed by atoms with van der Waals surface area (Å²) < 4.78 is 24.7. The number of aliphatic hydroxyl groups excluding tert-OH is 1. The smallest absolute Gasteiger partial charge is 0.179 e. The molecule has 1 aliphatic heterocycles. The summed E-state index contributed by atoms with van der Waals surface area (Å²) in [6.07, 6.45) is 1.00. The van der Waals surface area contributed by atoms with Gasteiger partial charge in [0.1, 0.15) is 11.3 Å². The molecule has 0 aromatic heterocycles. The Balaban J connectivity index is 2.29. The van der Waals surface area contributed by atoms with Crippen LogP contribution in [0.25, 0.3) is 5.76 Å². The number of carbonyl (C=O) groups is 2. The number of aryl methyl sites for hydroxylation is 1. The Labute approximate surface area is 141 Å². The molecule has 0 radical (unpaired) electrons. The lowest BCUT2D eigenvalue weighted by molar-refractivity contribution is -0.123. The molecule has 1 saturated carbocycles. The van der Waals surface area contributed by atoms with Gasteiger partial charge in [-0.3, -0.25) is 9.59 Å². The Kier molecular flexibility index (Phi) is 3.91. The van der Waals surface area contributed by atoms with Crippen LogP contribution in [0.3, 0.4) is 0 Å². The number of carbonyl (C=O) groups excluding carboxylic acids is 2. The lowest BCUT2D eigenvalue weighted by atomic mass is 9.86. The number of Topliss-reactive ketones (excluding diaryl/α,β-unsaturated/α-hetero) is 2. The molecule has 128 valence electrons. The number of rotatable bonds is 1. The zero-order chi connectivity index (χ0) is 17.8. The number of fused-ring (bicyclic) bond motifs is 1. The maximum absolute atomic E-state index is 12.3. The second-order valence-electron chi connectivity index (χ2n) is 6.71. The summed E-state index contributed by atoms with van der Waals surface area (Å²) in [5.41, 5.74) is 2.09. The normalized spacial score (nSPS) is 22.6. The highest BCUT2D eigenvalue weighted by atomic mass is 32.2. The molecule has 1 heterocycles. The van der Waals surface area contributed by atoms with Crippen LogP contribution in [-0.2, 0) is 19.4 Å². The van der Waals surface area contributed by atoms with Gasteiger partial charge in [0.25, 0.3) is 0 Å². The van der Waals surface area contributed by atoms with Gasteiger partial charge in [-0.25, -0.2) is 8.42 Å². The van der Waals surface area contributed by atoms with Crippen LogP contribution < -0.4 is 0 Å². The van der Waals surface area contributed by atoms with Gasteiger partial charge < -0.3 is 5.11 Å². The third-order valence-corrected chi connectivity index (χ3v) is 7.00. The van der Waals surface area contributed by atoms with Crippen LogP contribution in [0.5, 0.6) is 0 Å².